The van der Waals surface area contributed by atoms with Crippen molar-refractivity contribution in [1.29, 1.82) is 0 Å². The van der Waals surface area contributed by atoms with Crippen LogP contribution >= 0.6 is 0 Å². The number of amides is 1. The third-order valence-electron chi connectivity index (χ3n) is 2.20. The van der Waals surface area contributed by atoms with Gasteiger partial charge in [0.1, 0.15) is 11.4 Å². The number of ether oxygens (including phenoxy) is 2. The molecule has 20 heavy (non-hydrogen) atoms. The highest BCUT2D eigenvalue weighted by molar-refractivity contribution is 7.74. The summed E-state index contributed by atoms with van der Waals surface area (Å²) in [6.45, 7) is 5.16. The smallest absolute Gasteiger partial charge is 0.442 e. The van der Waals surface area contributed by atoms with E-state index in [4.69, 9.17) is 15.2 Å². The predicted octanol–water partition coefficient (Wildman–Crippen LogP) is 2.38. The van der Waals surface area contributed by atoms with Crippen LogP contribution in [0.1, 0.15) is 26.3 Å². The van der Waals surface area contributed by atoms with Crippen LogP contribution in [-0.4, -0.2) is 23.0 Å². The van der Waals surface area contributed by atoms with Crippen LogP contribution in [0, 0.1) is 0 Å². The maximum atomic E-state index is 11.8. The maximum Gasteiger partial charge on any atom is 0.442 e. The zero-order chi connectivity index (χ0) is 15.3. The molecule has 0 bridgehead atoms. The van der Waals surface area contributed by atoms with Gasteiger partial charge in [-0.3, -0.25) is 4.21 Å². The molecule has 0 heterocycles. The number of benzene rings is 1. The van der Waals surface area contributed by atoms with E-state index < -0.39 is 22.3 Å². The van der Waals surface area contributed by atoms with Crippen molar-refractivity contribution in [3.8, 4) is 5.75 Å². The highest BCUT2D eigenvalue weighted by Gasteiger charge is 2.15. The Balaban J connectivity index is 2.78. The number of anilines is 1. The molecule has 1 aromatic rings. The van der Waals surface area contributed by atoms with Gasteiger partial charge < -0.3 is 15.2 Å². The molecule has 1 aromatic carbocycles. The Morgan fingerprint density at radius 2 is 2.05 bits per heavy atom. The maximum absolute atomic E-state index is 11.8. The minimum Gasteiger partial charge on any atom is -0.495 e. The fourth-order valence-electron chi connectivity index (χ4n) is 1.42. The van der Waals surface area contributed by atoms with Crippen molar-refractivity contribution < 1.29 is 18.5 Å². The Hall–Kier alpha value is -1.76. The Bertz CT molecular complexity index is 572. The first-order chi connectivity index (χ1) is 9.21. The predicted molar refractivity (Wildman–Crippen MR) is 79.3 cm³/mol. The molecule has 0 aliphatic rings. The number of thiol groups is 1. The lowest BCUT2D eigenvalue weighted by Gasteiger charge is -2.16. The molecule has 0 saturated carbocycles. The average Bonchev–Trinajstić information content (AvgIpc) is 2.28. The van der Waals surface area contributed by atoms with E-state index in [9.17, 15) is 9.00 Å². The monoisotopic (exact) mass is 300 g/mol. The van der Waals surface area contributed by atoms with Gasteiger partial charge in [0, 0.05) is 0 Å². The van der Waals surface area contributed by atoms with E-state index in [1.54, 1.807) is 39.0 Å². The van der Waals surface area contributed by atoms with Crippen molar-refractivity contribution in [2.45, 2.75) is 32.1 Å². The van der Waals surface area contributed by atoms with Gasteiger partial charge in [-0.25, -0.2) is 4.79 Å². The molecule has 2 N–H and O–H groups in total. The summed E-state index contributed by atoms with van der Waals surface area (Å²) in [4.78, 5) is 11.4. The topological polar surface area (TPSA) is 91.0 Å². The molecular formula is C13H20N2O4S. The summed E-state index contributed by atoms with van der Waals surface area (Å²) in [6.07, 6.45) is -0.818. The van der Waals surface area contributed by atoms with E-state index in [-0.39, 0.29) is 5.75 Å². The number of nitrogens with zero attached hydrogens (tertiary/aromatic N) is 1. The zero-order valence-corrected chi connectivity index (χ0v) is 12.9. The van der Waals surface area contributed by atoms with Crippen molar-refractivity contribution in [2.24, 2.45) is 4.36 Å². The van der Waals surface area contributed by atoms with Crippen LogP contribution in [0.5, 0.6) is 5.75 Å². The van der Waals surface area contributed by atoms with E-state index in [2.05, 4.69) is 4.36 Å². The van der Waals surface area contributed by atoms with Gasteiger partial charge in [0.15, 0.2) is 0 Å². The van der Waals surface area contributed by atoms with Gasteiger partial charge >= 0.3 is 6.09 Å². The first-order valence-electron chi connectivity index (χ1n) is 6.03. The van der Waals surface area contributed by atoms with E-state index in [1.807, 2.05) is 0 Å². The molecule has 0 aliphatic carbocycles. The number of hydrogen-bond donors (Lipinski definition) is 2. The average molecular weight is 300 g/mol. The van der Waals surface area contributed by atoms with Crippen LogP contribution in [0.15, 0.2) is 22.6 Å². The quantitative estimate of drug-likeness (QED) is 0.660. The van der Waals surface area contributed by atoms with Gasteiger partial charge in [-0.05, 0) is 38.5 Å². The Labute approximate surface area is 120 Å². The minimum absolute atomic E-state index is 0.130. The van der Waals surface area contributed by atoms with Gasteiger partial charge in [-0.15, -0.1) is 4.36 Å². The molecule has 0 spiro atoms. The second-order valence-electron chi connectivity index (χ2n) is 5.17. The van der Waals surface area contributed by atoms with Gasteiger partial charge in [0.25, 0.3) is 0 Å². The summed E-state index contributed by atoms with van der Waals surface area (Å²) in [5.74, 6) is 0.633. The summed E-state index contributed by atoms with van der Waals surface area (Å²) < 4.78 is 25.4. The number of methoxy groups -OCH3 is 1. The lowest BCUT2D eigenvalue weighted by Crippen LogP contribution is -2.21. The molecule has 6 nitrogen and oxygen atoms in total. The molecule has 0 saturated heterocycles. The second-order valence-corrected chi connectivity index (χ2v) is 6.39. The summed E-state index contributed by atoms with van der Waals surface area (Å²) in [6, 6.07) is 5.05. The van der Waals surface area contributed by atoms with Crippen molar-refractivity contribution in [3.05, 3.63) is 23.8 Å². The molecule has 112 valence electrons. The van der Waals surface area contributed by atoms with Crippen molar-refractivity contribution in [2.75, 3.05) is 12.8 Å². The molecule has 0 aromatic heterocycles. The number of rotatable bonds is 3. The molecule has 1 rings (SSSR count). The lowest BCUT2D eigenvalue weighted by atomic mass is 10.2. The normalized spacial score (nSPS) is 13.0. The summed E-state index contributed by atoms with van der Waals surface area (Å²) in [5.41, 5.74) is 6.26. The SMILES string of the molecule is COc1cc(C/[SH](=O)=N\C(=O)OC(C)(C)C)ccc1N. The Morgan fingerprint density at radius 1 is 1.40 bits per heavy atom. The van der Waals surface area contributed by atoms with E-state index in [0.29, 0.717) is 11.4 Å². The lowest BCUT2D eigenvalue weighted by molar-refractivity contribution is 0.0608. The molecular weight excluding hydrogens is 280 g/mol. The van der Waals surface area contributed by atoms with Crippen molar-refractivity contribution >= 4 is 22.4 Å². The zero-order valence-electron chi connectivity index (χ0n) is 12.0. The Morgan fingerprint density at radius 3 is 2.60 bits per heavy atom. The standard InChI is InChI=1S/C13H20N2O4S/c1-13(2,3)19-12(16)15-20(17)8-9-5-6-10(14)11(7-9)18-4/h5-7,20H,8,14H2,1-4H3. The minimum atomic E-state index is -2.07. The second kappa shape index (κ2) is 6.60. The Kier molecular flexibility index (Phi) is 5.38. The first kappa shape index (κ1) is 16.3. The highest BCUT2D eigenvalue weighted by atomic mass is 32.2. The molecule has 7 heteroatoms. The van der Waals surface area contributed by atoms with E-state index in [0.717, 1.165) is 5.56 Å². The number of hydrogen-bond acceptors (Lipinski definition) is 5. The van der Waals surface area contributed by atoms with Crippen LogP contribution in [-0.2, 0) is 21.1 Å². The molecule has 1 amide bonds. The summed E-state index contributed by atoms with van der Waals surface area (Å²) in [5, 5.41) is 0. The molecule has 1 atom stereocenters. The van der Waals surface area contributed by atoms with Crippen molar-refractivity contribution in [1.82, 2.24) is 0 Å². The summed E-state index contributed by atoms with van der Waals surface area (Å²) in [7, 11) is -0.572. The third kappa shape index (κ3) is 5.48. The number of carbonyl (C=O) groups is 1. The van der Waals surface area contributed by atoms with E-state index >= 15 is 0 Å². The van der Waals surface area contributed by atoms with Crippen molar-refractivity contribution in [3.63, 3.8) is 0 Å². The van der Waals surface area contributed by atoms with Crippen LogP contribution in [0.2, 0.25) is 0 Å². The van der Waals surface area contributed by atoms with Gasteiger partial charge in [-0.2, -0.15) is 0 Å². The molecule has 1 unspecified atom stereocenters. The van der Waals surface area contributed by atoms with Gasteiger partial charge in [0.05, 0.1) is 29.1 Å². The third-order valence-corrected chi connectivity index (χ3v) is 3.22. The summed E-state index contributed by atoms with van der Waals surface area (Å²) >= 11 is 0. The first-order valence-corrected chi connectivity index (χ1v) is 7.43. The van der Waals surface area contributed by atoms with Crippen LogP contribution in [0.4, 0.5) is 10.5 Å². The van der Waals surface area contributed by atoms with E-state index in [1.165, 1.54) is 7.11 Å². The fourth-order valence-corrected chi connectivity index (χ4v) is 2.22. The highest BCUT2D eigenvalue weighted by Crippen LogP contribution is 2.22. The van der Waals surface area contributed by atoms with Crippen LogP contribution in [0.3, 0.4) is 0 Å². The number of carbonyl (C=O) groups excluding carboxylic acids is 1. The van der Waals surface area contributed by atoms with Gasteiger partial charge in [0.2, 0.25) is 0 Å². The van der Waals surface area contributed by atoms with Crippen LogP contribution < -0.4 is 10.5 Å². The fraction of sp³-hybridized carbons (Fsp3) is 0.462. The number of nitrogens with two attached hydrogens (primary N) is 1. The van der Waals surface area contributed by atoms with Crippen LogP contribution in [0.25, 0.3) is 0 Å². The number of nitrogen functional groups attached to an aromatic ring is 1. The molecule has 0 radical (unpaired) electrons. The molecule has 0 aliphatic heterocycles. The largest absolute Gasteiger partial charge is 0.495 e. The molecule has 0 fully saturated rings. The van der Waals surface area contributed by atoms with Gasteiger partial charge in [-0.1, -0.05) is 6.07 Å².